The number of pyridine rings is 1. The lowest BCUT2D eigenvalue weighted by atomic mass is 10.2. The van der Waals surface area contributed by atoms with Crippen LogP contribution in [0.4, 0.5) is 15.9 Å². The Bertz CT molecular complexity index is 1000. The molecule has 0 aliphatic rings. The van der Waals surface area contributed by atoms with Gasteiger partial charge in [-0.1, -0.05) is 17.7 Å². The van der Waals surface area contributed by atoms with E-state index >= 15 is 0 Å². The summed E-state index contributed by atoms with van der Waals surface area (Å²) in [5.74, 6) is -0.0557. The highest BCUT2D eigenvalue weighted by Gasteiger charge is 2.15. The number of hydrogen-bond acceptors (Lipinski definition) is 4. The molecule has 3 aromatic rings. The Hall–Kier alpha value is -2.93. The number of aryl methyl sites for hydroxylation is 2. The summed E-state index contributed by atoms with van der Waals surface area (Å²) < 4.78 is 16.0. The predicted molar refractivity (Wildman–Crippen MR) is 108 cm³/mol. The van der Waals surface area contributed by atoms with Crippen molar-refractivity contribution in [2.45, 2.75) is 19.8 Å². The van der Waals surface area contributed by atoms with E-state index in [1.165, 1.54) is 6.07 Å². The molecular weight excluding hydrogens is 381 g/mol. The van der Waals surface area contributed by atoms with Gasteiger partial charge in [-0.15, -0.1) is 5.10 Å². The minimum atomic E-state index is -0.539. The van der Waals surface area contributed by atoms with Crippen molar-refractivity contribution in [3.63, 3.8) is 0 Å². The van der Waals surface area contributed by atoms with Gasteiger partial charge in [0.15, 0.2) is 11.6 Å². The number of carbonyl (C=O) groups excluding carboxylic acids is 1. The monoisotopic (exact) mass is 401 g/mol. The van der Waals surface area contributed by atoms with Crippen LogP contribution in [0.15, 0.2) is 42.6 Å². The van der Waals surface area contributed by atoms with Crippen molar-refractivity contribution in [3.8, 4) is 5.69 Å². The highest BCUT2D eigenvalue weighted by atomic mass is 35.5. The van der Waals surface area contributed by atoms with Crippen molar-refractivity contribution in [1.29, 1.82) is 0 Å². The number of nitrogens with zero attached hydrogens (tertiary/aromatic N) is 4. The largest absolute Gasteiger partial charge is 0.349 e. The molecule has 3 rings (SSSR count). The maximum atomic E-state index is 14.2. The Labute approximate surface area is 168 Å². The van der Waals surface area contributed by atoms with Crippen molar-refractivity contribution in [2.75, 3.05) is 19.4 Å². The van der Waals surface area contributed by atoms with Crippen LogP contribution in [0.5, 0.6) is 0 Å². The van der Waals surface area contributed by atoms with Gasteiger partial charge in [-0.25, -0.2) is 9.07 Å². The predicted octanol–water partition coefficient (Wildman–Crippen LogP) is 4.13. The Morgan fingerprint density at radius 1 is 1.29 bits per heavy atom. The molecule has 0 bridgehead atoms. The number of benzene rings is 1. The molecule has 8 heteroatoms. The van der Waals surface area contributed by atoms with Crippen LogP contribution < -0.4 is 5.32 Å². The average Bonchev–Trinajstić information content (AvgIpc) is 3.06. The van der Waals surface area contributed by atoms with Gasteiger partial charge in [0.05, 0.1) is 16.4 Å². The summed E-state index contributed by atoms with van der Waals surface area (Å²) in [6.45, 7) is 1.89. The second kappa shape index (κ2) is 8.39. The standard InChI is InChI=1S/C20H21ClFN5O/c1-13-11-15(9-10-23-13)27-14(7-8-19(28)26(2)3)12-18(25-27)24-17-6-4-5-16(21)20(17)22/h4-6,9-12H,7-8H2,1-3H3,(H,24,25). The number of rotatable bonds is 6. The van der Waals surface area contributed by atoms with Crippen molar-refractivity contribution >= 4 is 29.0 Å². The first-order chi connectivity index (χ1) is 13.3. The number of halogens is 2. The number of aromatic nitrogens is 3. The van der Waals surface area contributed by atoms with Crippen molar-refractivity contribution in [3.05, 3.63) is 64.8 Å². The van der Waals surface area contributed by atoms with E-state index in [2.05, 4.69) is 15.4 Å². The molecule has 0 saturated heterocycles. The molecule has 6 nitrogen and oxygen atoms in total. The zero-order valence-corrected chi connectivity index (χ0v) is 16.7. The highest BCUT2D eigenvalue weighted by molar-refractivity contribution is 6.31. The zero-order valence-electron chi connectivity index (χ0n) is 15.9. The van der Waals surface area contributed by atoms with Crippen LogP contribution >= 0.6 is 11.6 Å². The third kappa shape index (κ3) is 4.48. The topological polar surface area (TPSA) is 63.1 Å². The maximum absolute atomic E-state index is 14.2. The fourth-order valence-electron chi connectivity index (χ4n) is 2.74. The van der Waals surface area contributed by atoms with E-state index in [1.807, 2.05) is 19.1 Å². The van der Waals surface area contributed by atoms with E-state index in [1.54, 1.807) is 48.1 Å². The number of nitrogens with one attached hydrogen (secondary N) is 1. The third-order valence-electron chi connectivity index (χ3n) is 4.22. The lowest BCUT2D eigenvalue weighted by Crippen LogP contribution is -2.22. The smallest absolute Gasteiger partial charge is 0.222 e. The fraction of sp³-hybridized carbons (Fsp3) is 0.250. The average molecular weight is 402 g/mol. The minimum Gasteiger partial charge on any atom is -0.349 e. The van der Waals surface area contributed by atoms with Gasteiger partial charge in [-0.2, -0.15) is 0 Å². The first kappa shape index (κ1) is 19.8. The van der Waals surface area contributed by atoms with Crippen LogP contribution in [0.2, 0.25) is 5.02 Å². The molecule has 28 heavy (non-hydrogen) atoms. The van der Waals surface area contributed by atoms with Crippen molar-refractivity contribution in [1.82, 2.24) is 19.7 Å². The molecule has 0 saturated carbocycles. The van der Waals surface area contributed by atoms with E-state index in [9.17, 15) is 9.18 Å². The summed E-state index contributed by atoms with van der Waals surface area (Å²) in [5.41, 5.74) is 2.72. The van der Waals surface area contributed by atoms with Gasteiger partial charge in [-0.3, -0.25) is 9.78 Å². The molecule has 0 aliphatic heterocycles. The van der Waals surface area contributed by atoms with Crippen LogP contribution in [0.25, 0.3) is 5.69 Å². The van der Waals surface area contributed by atoms with Crippen LogP contribution in [-0.4, -0.2) is 39.7 Å². The molecule has 1 N–H and O–H groups in total. The molecular formula is C20H21ClFN5O. The Morgan fingerprint density at radius 2 is 2.07 bits per heavy atom. The molecule has 146 valence electrons. The van der Waals surface area contributed by atoms with Gasteiger partial charge in [0, 0.05) is 44.2 Å². The molecule has 2 aromatic heterocycles. The molecule has 0 unspecified atom stereocenters. The van der Waals surface area contributed by atoms with Crippen LogP contribution in [0.1, 0.15) is 17.8 Å². The summed E-state index contributed by atoms with van der Waals surface area (Å²) in [6, 6.07) is 10.3. The molecule has 1 amide bonds. The van der Waals surface area contributed by atoms with Crippen molar-refractivity contribution < 1.29 is 9.18 Å². The Balaban J connectivity index is 1.94. The summed E-state index contributed by atoms with van der Waals surface area (Å²) in [6.07, 6.45) is 2.53. The van der Waals surface area contributed by atoms with E-state index in [4.69, 9.17) is 11.6 Å². The number of carbonyl (C=O) groups is 1. The van der Waals surface area contributed by atoms with Crippen molar-refractivity contribution in [2.24, 2.45) is 0 Å². The Morgan fingerprint density at radius 3 is 2.79 bits per heavy atom. The lowest BCUT2D eigenvalue weighted by molar-refractivity contribution is -0.128. The minimum absolute atomic E-state index is 0.0223. The number of amides is 1. The van der Waals surface area contributed by atoms with Gasteiger partial charge >= 0.3 is 0 Å². The van der Waals surface area contributed by atoms with E-state index in [0.717, 1.165) is 17.1 Å². The Kier molecular flexibility index (Phi) is 5.94. The second-order valence-corrected chi connectivity index (χ2v) is 7.01. The molecule has 0 radical (unpaired) electrons. The first-order valence-electron chi connectivity index (χ1n) is 8.78. The summed E-state index contributed by atoms with van der Waals surface area (Å²) >= 11 is 5.85. The molecule has 0 atom stereocenters. The second-order valence-electron chi connectivity index (χ2n) is 6.60. The normalized spacial score (nSPS) is 10.8. The molecule has 1 aromatic carbocycles. The van der Waals surface area contributed by atoms with E-state index in [0.29, 0.717) is 18.7 Å². The van der Waals surface area contributed by atoms with Crippen LogP contribution in [-0.2, 0) is 11.2 Å². The summed E-state index contributed by atoms with van der Waals surface area (Å²) in [7, 11) is 3.45. The summed E-state index contributed by atoms with van der Waals surface area (Å²) in [5, 5.41) is 7.55. The molecule has 0 fully saturated rings. The molecule has 0 spiro atoms. The third-order valence-corrected chi connectivity index (χ3v) is 4.51. The van der Waals surface area contributed by atoms with E-state index < -0.39 is 5.82 Å². The van der Waals surface area contributed by atoms with Gasteiger partial charge in [0.25, 0.3) is 0 Å². The fourth-order valence-corrected chi connectivity index (χ4v) is 2.92. The number of anilines is 2. The maximum Gasteiger partial charge on any atom is 0.222 e. The van der Waals surface area contributed by atoms with E-state index in [-0.39, 0.29) is 16.6 Å². The SMILES string of the molecule is Cc1cc(-n2nc(Nc3cccc(Cl)c3F)cc2CCC(=O)N(C)C)ccn1. The lowest BCUT2D eigenvalue weighted by Gasteiger charge is -2.11. The van der Waals surface area contributed by atoms with Crippen LogP contribution in [0.3, 0.4) is 0 Å². The van der Waals surface area contributed by atoms with Crippen LogP contribution in [0, 0.1) is 12.7 Å². The molecule has 0 aliphatic carbocycles. The molecule has 2 heterocycles. The quantitative estimate of drug-likeness (QED) is 0.674. The van der Waals surface area contributed by atoms with Gasteiger partial charge < -0.3 is 10.2 Å². The summed E-state index contributed by atoms with van der Waals surface area (Å²) in [4.78, 5) is 17.8. The number of hydrogen-bond donors (Lipinski definition) is 1. The van der Waals surface area contributed by atoms with Gasteiger partial charge in [0.1, 0.15) is 0 Å². The van der Waals surface area contributed by atoms with Gasteiger partial charge in [-0.05, 0) is 37.6 Å². The highest BCUT2D eigenvalue weighted by Crippen LogP contribution is 2.26. The first-order valence-corrected chi connectivity index (χ1v) is 9.16. The zero-order chi connectivity index (χ0) is 20.3. The van der Waals surface area contributed by atoms with Gasteiger partial charge in [0.2, 0.25) is 5.91 Å².